The van der Waals surface area contributed by atoms with Crippen LogP contribution >= 0.6 is 0 Å². The highest BCUT2D eigenvalue weighted by atomic mass is 16.4. The molecule has 1 aromatic rings. The van der Waals surface area contributed by atoms with E-state index in [1.54, 1.807) is 6.07 Å². The molecule has 0 aromatic carbocycles. The van der Waals surface area contributed by atoms with Crippen LogP contribution in [0, 0.1) is 23.7 Å². The zero-order valence-electron chi connectivity index (χ0n) is 10.6. The molecule has 3 rings (SSSR count). The lowest BCUT2D eigenvalue weighted by atomic mass is 9.82. The maximum absolute atomic E-state index is 12.3. The lowest BCUT2D eigenvalue weighted by molar-refractivity contribution is -0.146. The second-order valence-electron chi connectivity index (χ2n) is 5.20. The van der Waals surface area contributed by atoms with Crippen LogP contribution in [-0.4, -0.2) is 27.1 Å². The van der Waals surface area contributed by atoms with Gasteiger partial charge in [0.05, 0.1) is 11.8 Å². The molecule has 0 radical (unpaired) electrons. The van der Waals surface area contributed by atoms with Gasteiger partial charge in [-0.05, 0) is 30.4 Å². The third-order valence-electron chi connectivity index (χ3n) is 4.08. The van der Waals surface area contributed by atoms with Crippen LogP contribution in [0.25, 0.3) is 0 Å². The van der Waals surface area contributed by atoms with Crippen LogP contribution in [0.3, 0.4) is 0 Å². The molecule has 3 N–H and O–H groups in total. The first-order valence-electron chi connectivity index (χ1n) is 6.44. The molecule has 20 heavy (non-hydrogen) atoms. The van der Waals surface area contributed by atoms with Crippen LogP contribution in [0.1, 0.15) is 6.42 Å². The number of hydrogen-bond acceptors (Lipinski definition) is 4. The van der Waals surface area contributed by atoms with Gasteiger partial charge in [-0.25, -0.2) is 4.98 Å². The molecule has 1 aromatic heterocycles. The molecule has 0 spiro atoms. The number of aromatic nitrogens is 1. The van der Waals surface area contributed by atoms with Crippen molar-refractivity contribution in [1.82, 2.24) is 4.98 Å². The Labute approximate surface area is 115 Å². The van der Waals surface area contributed by atoms with Gasteiger partial charge in [-0.2, -0.15) is 0 Å². The van der Waals surface area contributed by atoms with Gasteiger partial charge in [0.2, 0.25) is 5.91 Å². The fourth-order valence-corrected chi connectivity index (χ4v) is 3.21. The second-order valence-corrected chi connectivity index (χ2v) is 5.20. The predicted molar refractivity (Wildman–Crippen MR) is 69.9 cm³/mol. The number of aliphatic carboxylic acids is 1. The Morgan fingerprint density at radius 3 is 2.60 bits per heavy atom. The molecule has 2 bridgehead atoms. The first-order chi connectivity index (χ1) is 9.58. The van der Waals surface area contributed by atoms with E-state index in [0.717, 1.165) is 0 Å². The Morgan fingerprint density at radius 1 is 1.25 bits per heavy atom. The Hall–Kier alpha value is -2.37. The quantitative estimate of drug-likeness (QED) is 0.720. The van der Waals surface area contributed by atoms with Crippen molar-refractivity contribution >= 4 is 17.7 Å². The molecule has 4 unspecified atom stereocenters. The number of nitrogens with one attached hydrogen (secondary N) is 1. The van der Waals surface area contributed by atoms with Crippen molar-refractivity contribution in [2.45, 2.75) is 6.42 Å². The van der Waals surface area contributed by atoms with Crippen LogP contribution in [0.5, 0.6) is 5.75 Å². The van der Waals surface area contributed by atoms with Crippen molar-refractivity contribution in [3.63, 3.8) is 0 Å². The molecule has 0 aliphatic heterocycles. The fraction of sp³-hybridized carbons (Fsp3) is 0.357. The summed E-state index contributed by atoms with van der Waals surface area (Å²) in [6.07, 6.45) is 5.94. The smallest absolute Gasteiger partial charge is 0.307 e. The number of rotatable bonds is 3. The van der Waals surface area contributed by atoms with E-state index >= 15 is 0 Å². The number of anilines is 1. The van der Waals surface area contributed by atoms with Gasteiger partial charge in [-0.15, -0.1) is 0 Å². The maximum atomic E-state index is 12.3. The number of pyridine rings is 1. The standard InChI is InChI=1S/C14H14N2O4/c17-9-2-1-5-15-12(9)16-13(18)10-7-3-4-8(6-7)11(10)14(19)20/h1-5,7-8,10-11,17H,6H2,(H,19,20)(H,15,16,18). The summed E-state index contributed by atoms with van der Waals surface area (Å²) >= 11 is 0. The van der Waals surface area contributed by atoms with E-state index in [2.05, 4.69) is 10.3 Å². The highest BCUT2D eigenvalue weighted by molar-refractivity contribution is 5.96. The second kappa shape index (κ2) is 4.63. The summed E-state index contributed by atoms with van der Waals surface area (Å²) < 4.78 is 0. The number of nitrogens with zero attached hydrogens (tertiary/aromatic N) is 1. The molecular weight excluding hydrogens is 260 g/mol. The van der Waals surface area contributed by atoms with E-state index in [4.69, 9.17) is 0 Å². The van der Waals surface area contributed by atoms with Crippen LogP contribution in [0.4, 0.5) is 5.82 Å². The zero-order valence-corrected chi connectivity index (χ0v) is 10.6. The molecule has 6 heteroatoms. The van der Waals surface area contributed by atoms with Gasteiger partial charge in [-0.1, -0.05) is 12.2 Å². The number of carboxylic acid groups (broad SMARTS) is 1. The SMILES string of the molecule is O=C(O)C1C2C=CC(C2)C1C(=O)Nc1ncccc1O. The number of amides is 1. The predicted octanol–water partition coefficient (Wildman–Crippen LogP) is 1.25. The molecular formula is C14H14N2O4. The molecule has 6 nitrogen and oxygen atoms in total. The number of hydrogen-bond donors (Lipinski definition) is 3. The largest absolute Gasteiger partial charge is 0.504 e. The van der Waals surface area contributed by atoms with E-state index < -0.39 is 23.7 Å². The number of allylic oxidation sites excluding steroid dienone is 2. The lowest BCUT2D eigenvalue weighted by Crippen LogP contribution is -2.36. The third kappa shape index (κ3) is 1.93. The van der Waals surface area contributed by atoms with Crippen molar-refractivity contribution in [1.29, 1.82) is 0 Å². The minimum atomic E-state index is -0.952. The monoisotopic (exact) mass is 274 g/mol. The molecule has 1 amide bonds. The topological polar surface area (TPSA) is 99.5 Å². The fourth-order valence-electron chi connectivity index (χ4n) is 3.21. The minimum Gasteiger partial charge on any atom is -0.504 e. The van der Waals surface area contributed by atoms with Crippen molar-refractivity contribution in [3.8, 4) is 5.75 Å². The highest BCUT2D eigenvalue weighted by Gasteiger charge is 2.51. The number of fused-ring (bicyclic) bond motifs is 2. The molecule has 1 fully saturated rings. The average Bonchev–Trinajstić information content (AvgIpc) is 3.01. The molecule has 4 atom stereocenters. The Balaban J connectivity index is 1.82. The molecule has 1 heterocycles. The first kappa shape index (κ1) is 12.7. The van der Waals surface area contributed by atoms with Gasteiger partial charge in [0.15, 0.2) is 11.6 Å². The van der Waals surface area contributed by atoms with E-state index in [-0.39, 0.29) is 23.4 Å². The maximum Gasteiger partial charge on any atom is 0.307 e. The van der Waals surface area contributed by atoms with Crippen molar-refractivity contribution in [2.24, 2.45) is 23.7 Å². The summed E-state index contributed by atoms with van der Waals surface area (Å²) in [7, 11) is 0. The summed E-state index contributed by atoms with van der Waals surface area (Å²) in [5, 5.41) is 21.4. The van der Waals surface area contributed by atoms with E-state index in [1.807, 2.05) is 12.2 Å². The van der Waals surface area contributed by atoms with Crippen LogP contribution in [0.15, 0.2) is 30.5 Å². The molecule has 104 valence electrons. The first-order valence-corrected chi connectivity index (χ1v) is 6.44. The van der Waals surface area contributed by atoms with Gasteiger partial charge in [0, 0.05) is 6.20 Å². The number of carbonyl (C=O) groups is 2. The van der Waals surface area contributed by atoms with Gasteiger partial charge in [-0.3, -0.25) is 9.59 Å². The van der Waals surface area contributed by atoms with Gasteiger partial charge in [0.1, 0.15) is 0 Å². The van der Waals surface area contributed by atoms with E-state index in [9.17, 15) is 19.8 Å². The normalized spacial score (nSPS) is 30.4. The summed E-state index contributed by atoms with van der Waals surface area (Å²) in [4.78, 5) is 27.5. The lowest BCUT2D eigenvalue weighted by Gasteiger charge is -2.23. The van der Waals surface area contributed by atoms with E-state index in [1.165, 1.54) is 12.3 Å². The van der Waals surface area contributed by atoms with Gasteiger partial charge >= 0.3 is 5.97 Å². The van der Waals surface area contributed by atoms with Gasteiger partial charge < -0.3 is 15.5 Å². The average molecular weight is 274 g/mol. The molecule has 0 saturated heterocycles. The van der Waals surface area contributed by atoms with Crippen molar-refractivity contribution < 1.29 is 19.8 Å². The number of carbonyl (C=O) groups excluding carboxylic acids is 1. The number of aromatic hydroxyl groups is 1. The Morgan fingerprint density at radius 2 is 1.95 bits per heavy atom. The molecule has 2 aliphatic carbocycles. The zero-order chi connectivity index (χ0) is 14.3. The van der Waals surface area contributed by atoms with Crippen molar-refractivity contribution in [2.75, 3.05) is 5.32 Å². The van der Waals surface area contributed by atoms with Gasteiger partial charge in [0.25, 0.3) is 0 Å². The van der Waals surface area contributed by atoms with Crippen LogP contribution in [-0.2, 0) is 9.59 Å². The minimum absolute atomic E-state index is 0.0491. The Kier molecular flexibility index (Phi) is 2.93. The summed E-state index contributed by atoms with van der Waals surface area (Å²) in [6.45, 7) is 0. The van der Waals surface area contributed by atoms with Crippen LogP contribution < -0.4 is 5.32 Å². The molecule has 2 aliphatic rings. The Bertz CT molecular complexity index is 599. The highest BCUT2D eigenvalue weighted by Crippen LogP contribution is 2.48. The summed E-state index contributed by atoms with van der Waals surface area (Å²) in [5.41, 5.74) is 0. The van der Waals surface area contributed by atoms with E-state index in [0.29, 0.717) is 6.42 Å². The third-order valence-corrected chi connectivity index (χ3v) is 4.08. The summed E-state index contributed by atoms with van der Waals surface area (Å²) in [5.74, 6) is -2.85. The summed E-state index contributed by atoms with van der Waals surface area (Å²) in [6, 6.07) is 2.96. The van der Waals surface area contributed by atoms with Crippen molar-refractivity contribution in [3.05, 3.63) is 30.5 Å². The molecule has 1 saturated carbocycles. The van der Waals surface area contributed by atoms with Crippen LogP contribution in [0.2, 0.25) is 0 Å². The number of carboxylic acids is 1.